The van der Waals surface area contributed by atoms with Gasteiger partial charge in [-0.1, -0.05) is 23.7 Å². The Labute approximate surface area is 154 Å². The summed E-state index contributed by atoms with van der Waals surface area (Å²) in [7, 11) is 1.44. The van der Waals surface area contributed by atoms with Crippen molar-refractivity contribution in [2.24, 2.45) is 0 Å². The topological polar surface area (TPSA) is 81.5 Å². The highest BCUT2D eigenvalue weighted by atomic mass is 35.5. The Morgan fingerprint density at radius 1 is 1.32 bits per heavy atom. The molecule has 1 atom stereocenters. The summed E-state index contributed by atoms with van der Waals surface area (Å²) in [6.45, 7) is 1.78. The monoisotopic (exact) mass is 380 g/mol. The van der Waals surface area contributed by atoms with Crippen molar-refractivity contribution in [2.45, 2.75) is 17.9 Å². The minimum Gasteiger partial charge on any atom is -0.495 e. The fourth-order valence-electron chi connectivity index (χ4n) is 2.02. The van der Waals surface area contributed by atoms with Crippen molar-refractivity contribution in [3.8, 4) is 5.75 Å². The van der Waals surface area contributed by atoms with E-state index >= 15 is 0 Å². The maximum Gasteiger partial charge on any atom is 0.271 e. The van der Waals surface area contributed by atoms with Crippen LogP contribution in [0.3, 0.4) is 0 Å². The first-order valence-electron chi connectivity index (χ1n) is 7.40. The van der Waals surface area contributed by atoms with E-state index < -0.39 is 4.92 Å². The number of thioether (sulfide) groups is 1. The van der Waals surface area contributed by atoms with E-state index in [2.05, 4.69) is 5.32 Å². The van der Waals surface area contributed by atoms with Gasteiger partial charge in [-0.25, -0.2) is 0 Å². The molecule has 0 heterocycles. The summed E-state index contributed by atoms with van der Waals surface area (Å²) in [5.74, 6) is 0.768. The number of hydrogen-bond donors (Lipinski definition) is 1. The number of benzene rings is 2. The van der Waals surface area contributed by atoms with Gasteiger partial charge in [0.05, 0.1) is 23.0 Å². The van der Waals surface area contributed by atoms with E-state index in [4.69, 9.17) is 16.3 Å². The second-order valence-corrected chi connectivity index (χ2v) is 6.98. The minimum atomic E-state index is -0.520. The number of nitro benzene ring substituents is 1. The van der Waals surface area contributed by atoms with Gasteiger partial charge in [0.15, 0.2) is 0 Å². The van der Waals surface area contributed by atoms with Crippen LogP contribution in [0, 0.1) is 10.1 Å². The lowest BCUT2D eigenvalue weighted by molar-refractivity contribution is -0.384. The third-order valence-electron chi connectivity index (χ3n) is 3.43. The van der Waals surface area contributed by atoms with Crippen LogP contribution in [-0.4, -0.2) is 23.2 Å². The maximum absolute atomic E-state index is 12.4. The van der Waals surface area contributed by atoms with E-state index in [0.29, 0.717) is 16.5 Å². The average molecular weight is 381 g/mol. The standard InChI is InChI=1S/C17H17ClN2O4S/c1-11(25-10-12-3-5-13(18)6-4-12)17(21)19-15-9-14(20(22)23)7-8-16(15)24-2/h3-9,11H,10H2,1-2H3,(H,19,21). The van der Waals surface area contributed by atoms with Gasteiger partial charge in [-0.05, 0) is 30.7 Å². The number of halogens is 1. The Morgan fingerprint density at radius 3 is 2.60 bits per heavy atom. The normalized spacial score (nSPS) is 11.6. The first-order chi connectivity index (χ1) is 11.9. The zero-order valence-electron chi connectivity index (χ0n) is 13.7. The van der Waals surface area contributed by atoms with Crippen LogP contribution in [0.4, 0.5) is 11.4 Å². The fourth-order valence-corrected chi connectivity index (χ4v) is 2.99. The summed E-state index contributed by atoms with van der Waals surface area (Å²) >= 11 is 7.30. The van der Waals surface area contributed by atoms with Crippen molar-refractivity contribution >= 4 is 40.6 Å². The molecule has 0 radical (unpaired) electrons. The van der Waals surface area contributed by atoms with Crippen LogP contribution in [0.15, 0.2) is 42.5 Å². The molecule has 1 N–H and O–H groups in total. The number of nitro groups is 1. The lowest BCUT2D eigenvalue weighted by Crippen LogP contribution is -2.23. The molecule has 0 aliphatic heterocycles. The van der Waals surface area contributed by atoms with E-state index in [9.17, 15) is 14.9 Å². The number of carbonyl (C=O) groups is 1. The molecule has 1 unspecified atom stereocenters. The van der Waals surface area contributed by atoms with Gasteiger partial charge in [0.25, 0.3) is 5.69 Å². The van der Waals surface area contributed by atoms with E-state index in [-0.39, 0.29) is 22.5 Å². The number of nitrogens with one attached hydrogen (secondary N) is 1. The van der Waals surface area contributed by atoms with Crippen molar-refractivity contribution in [1.29, 1.82) is 0 Å². The third-order valence-corrected chi connectivity index (χ3v) is 4.90. The number of ether oxygens (including phenoxy) is 1. The average Bonchev–Trinajstić information content (AvgIpc) is 2.60. The van der Waals surface area contributed by atoms with Gasteiger partial charge in [-0.2, -0.15) is 0 Å². The number of non-ortho nitro benzene ring substituents is 1. The highest BCUT2D eigenvalue weighted by Crippen LogP contribution is 2.30. The van der Waals surface area contributed by atoms with E-state index in [1.165, 1.54) is 37.1 Å². The van der Waals surface area contributed by atoms with E-state index in [1.54, 1.807) is 19.1 Å². The summed E-state index contributed by atoms with van der Waals surface area (Å²) in [5, 5.41) is 13.9. The van der Waals surface area contributed by atoms with Crippen molar-refractivity contribution in [3.63, 3.8) is 0 Å². The number of methoxy groups -OCH3 is 1. The Balaban J connectivity index is 2.01. The first kappa shape index (κ1) is 19.1. The molecule has 2 aromatic carbocycles. The molecule has 0 spiro atoms. The smallest absolute Gasteiger partial charge is 0.271 e. The molecule has 0 bridgehead atoms. The summed E-state index contributed by atoms with van der Waals surface area (Å²) in [6, 6.07) is 11.5. The molecule has 8 heteroatoms. The first-order valence-corrected chi connectivity index (χ1v) is 8.82. The van der Waals surface area contributed by atoms with Gasteiger partial charge in [0, 0.05) is 22.9 Å². The van der Waals surface area contributed by atoms with Gasteiger partial charge in [-0.15, -0.1) is 11.8 Å². The summed E-state index contributed by atoms with van der Waals surface area (Å²) < 4.78 is 5.14. The summed E-state index contributed by atoms with van der Waals surface area (Å²) in [5.41, 5.74) is 1.22. The van der Waals surface area contributed by atoms with Gasteiger partial charge in [-0.3, -0.25) is 14.9 Å². The maximum atomic E-state index is 12.4. The molecule has 0 fully saturated rings. The lowest BCUT2D eigenvalue weighted by atomic mass is 10.2. The van der Waals surface area contributed by atoms with Gasteiger partial charge >= 0.3 is 0 Å². The van der Waals surface area contributed by atoms with Crippen molar-refractivity contribution in [1.82, 2.24) is 0 Å². The van der Waals surface area contributed by atoms with Crippen molar-refractivity contribution < 1.29 is 14.5 Å². The number of hydrogen-bond acceptors (Lipinski definition) is 5. The van der Waals surface area contributed by atoms with Crippen LogP contribution in [-0.2, 0) is 10.5 Å². The molecule has 0 aliphatic carbocycles. The van der Waals surface area contributed by atoms with Crippen LogP contribution in [0.5, 0.6) is 5.75 Å². The number of carbonyl (C=O) groups excluding carboxylic acids is 1. The molecule has 25 heavy (non-hydrogen) atoms. The SMILES string of the molecule is COc1ccc([N+](=O)[O-])cc1NC(=O)C(C)SCc1ccc(Cl)cc1. The van der Waals surface area contributed by atoms with Crippen LogP contribution in [0.1, 0.15) is 12.5 Å². The molecule has 0 aliphatic rings. The number of anilines is 1. The molecular formula is C17H17ClN2O4S. The molecular weight excluding hydrogens is 364 g/mol. The Hall–Kier alpha value is -2.25. The van der Waals surface area contributed by atoms with Crippen LogP contribution in [0.25, 0.3) is 0 Å². The van der Waals surface area contributed by atoms with Gasteiger partial charge in [0.2, 0.25) is 5.91 Å². The van der Waals surface area contributed by atoms with Crippen LogP contribution >= 0.6 is 23.4 Å². The molecule has 0 saturated heterocycles. The lowest BCUT2D eigenvalue weighted by Gasteiger charge is -2.14. The largest absolute Gasteiger partial charge is 0.495 e. The molecule has 0 aromatic heterocycles. The fraction of sp³-hybridized carbons (Fsp3) is 0.235. The molecule has 2 aromatic rings. The molecule has 132 valence electrons. The van der Waals surface area contributed by atoms with Crippen molar-refractivity contribution in [2.75, 3.05) is 12.4 Å². The Morgan fingerprint density at radius 2 is 2.00 bits per heavy atom. The molecule has 6 nitrogen and oxygen atoms in total. The predicted molar refractivity (Wildman–Crippen MR) is 100 cm³/mol. The van der Waals surface area contributed by atoms with E-state index in [1.807, 2.05) is 12.1 Å². The van der Waals surface area contributed by atoms with E-state index in [0.717, 1.165) is 5.56 Å². The highest BCUT2D eigenvalue weighted by molar-refractivity contribution is 7.99. The predicted octanol–water partition coefficient (Wildman–Crippen LogP) is 4.52. The number of rotatable bonds is 7. The quantitative estimate of drug-likeness (QED) is 0.564. The zero-order chi connectivity index (χ0) is 18.4. The Kier molecular flexibility index (Phi) is 6.66. The van der Waals surface area contributed by atoms with Crippen LogP contribution in [0.2, 0.25) is 5.02 Å². The van der Waals surface area contributed by atoms with Crippen molar-refractivity contribution in [3.05, 3.63) is 63.2 Å². The molecule has 0 saturated carbocycles. The minimum absolute atomic E-state index is 0.113. The number of nitrogens with zero attached hydrogens (tertiary/aromatic N) is 1. The molecule has 1 amide bonds. The summed E-state index contributed by atoms with van der Waals surface area (Å²) in [4.78, 5) is 22.7. The zero-order valence-corrected chi connectivity index (χ0v) is 15.3. The van der Waals surface area contributed by atoms with Crippen LogP contribution < -0.4 is 10.1 Å². The number of amides is 1. The second-order valence-electron chi connectivity index (χ2n) is 5.21. The summed E-state index contributed by atoms with van der Waals surface area (Å²) in [6.07, 6.45) is 0. The molecule has 2 rings (SSSR count). The van der Waals surface area contributed by atoms with Gasteiger partial charge < -0.3 is 10.1 Å². The third kappa shape index (κ3) is 5.37. The van der Waals surface area contributed by atoms with Gasteiger partial charge in [0.1, 0.15) is 5.75 Å². The second kappa shape index (κ2) is 8.73. The Bertz CT molecular complexity index is 768. The highest BCUT2D eigenvalue weighted by Gasteiger charge is 2.18.